The summed E-state index contributed by atoms with van der Waals surface area (Å²) in [6.07, 6.45) is 3.79. The van der Waals surface area contributed by atoms with Crippen LogP contribution >= 0.6 is 12.4 Å². The van der Waals surface area contributed by atoms with Crippen LogP contribution in [0.25, 0.3) is 0 Å². The third-order valence-corrected chi connectivity index (χ3v) is 4.52. The molecule has 2 saturated carbocycles. The minimum Gasteiger partial charge on any atom is -0.274 e. The Balaban J connectivity index is 0.00000112. The molecule has 2 aliphatic rings. The Bertz CT molecular complexity index is 375. The van der Waals surface area contributed by atoms with Crippen molar-refractivity contribution in [1.29, 1.82) is 0 Å². The first kappa shape index (κ1) is 12.5. The highest BCUT2D eigenvalue weighted by Crippen LogP contribution is 2.39. The zero-order chi connectivity index (χ0) is 10.3. The Morgan fingerprint density at radius 2 is 2.00 bits per heavy atom. The SMILES string of the molecule is C=CC1CC1C(=O)NS(=O)(=O)C1CC1.Cl. The van der Waals surface area contributed by atoms with Gasteiger partial charge in [0.25, 0.3) is 0 Å². The number of nitrogens with one attached hydrogen (secondary N) is 1. The van der Waals surface area contributed by atoms with Gasteiger partial charge in [0.2, 0.25) is 15.9 Å². The van der Waals surface area contributed by atoms with Crippen LogP contribution in [0.1, 0.15) is 19.3 Å². The predicted molar refractivity (Wildman–Crippen MR) is 59.1 cm³/mol. The fraction of sp³-hybridized carbons (Fsp3) is 0.667. The van der Waals surface area contributed by atoms with E-state index in [1.165, 1.54) is 0 Å². The van der Waals surface area contributed by atoms with Crippen molar-refractivity contribution in [3.8, 4) is 0 Å². The number of sulfonamides is 1. The molecule has 0 bridgehead atoms. The van der Waals surface area contributed by atoms with Crippen LogP contribution in [0.5, 0.6) is 0 Å². The smallest absolute Gasteiger partial charge is 0.237 e. The van der Waals surface area contributed by atoms with Gasteiger partial charge in [-0.25, -0.2) is 8.42 Å². The monoisotopic (exact) mass is 251 g/mol. The standard InChI is InChI=1S/C9H13NO3S.ClH/c1-2-6-5-8(6)9(11)10-14(12,13)7-3-4-7;/h2,6-8H,1,3-5H2,(H,10,11);1H. The molecule has 2 fully saturated rings. The van der Waals surface area contributed by atoms with Crippen molar-refractivity contribution in [2.75, 3.05) is 0 Å². The number of amides is 1. The number of halogens is 1. The van der Waals surface area contributed by atoms with Crippen molar-refractivity contribution in [1.82, 2.24) is 4.72 Å². The Hall–Kier alpha value is -0.550. The first-order valence-corrected chi connectivity index (χ1v) is 6.27. The molecular weight excluding hydrogens is 238 g/mol. The van der Waals surface area contributed by atoms with Gasteiger partial charge in [-0.1, -0.05) is 6.08 Å². The van der Waals surface area contributed by atoms with Gasteiger partial charge in [0.1, 0.15) is 0 Å². The highest BCUT2D eigenvalue weighted by molar-refractivity contribution is 7.90. The van der Waals surface area contributed by atoms with Gasteiger partial charge in [-0.2, -0.15) is 0 Å². The van der Waals surface area contributed by atoms with E-state index >= 15 is 0 Å². The van der Waals surface area contributed by atoms with Crippen molar-refractivity contribution in [2.24, 2.45) is 11.8 Å². The molecule has 1 amide bonds. The summed E-state index contributed by atoms with van der Waals surface area (Å²) in [4.78, 5) is 11.4. The fourth-order valence-electron chi connectivity index (χ4n) is 1.45. The highest BCUT2D eigenvalue weighted by Gasteiger charge is 2.44. The molecule has 0 radical (unpaired) electrons. The number of hydrogen-bond acceptors (Lipinski definition) is 3. The van der Waals surface area contributed by atoms with Crippen molar-refractivity contribution >= 4 is 28.3 Å². The summed E-state index contributed by atoms with van der Waals surface area (Å²) in [5.74, 6) is -0.354. The van der Waals surface area contributed by atoms with E-state index in [0.29, 0.717) is 12.8 Å². The summed E-state index contributed by atoms with van der Waals surface area (Å²) in [6, 6.07) is 0. The molecule has 0 spiro atoms. The lowest BCUT2D eigenvalue weighted by Gasteiger charge is -2.03. The summed E-state index contributed by atoms with van der Waals surface area (Å²) >= 11 is 0. The van der Waals surface area contributed by atoms with Gasteiger partial charge < -0.3 is 0 Å². The predicted octanol–water partition coefficient (Wildman–Crippen LogP) is 0.839. The van der Waals surface area contributed by atoms with Crippen LogP contribution in [-0.4, -0.2) is 19.6 Å². The van der Waals surface area contributed by atoms with Crippen LogP contribution in [0.15, 0.2) is 12.7 Å². The first-order chi connectivity index (χ1) is 6.54. The van der Waals surface area contributed by atoms with Crippen molar-refractivity contribution < 1.29 is 13.2 Å². The number of rotatable bonds is 4. The molecule has 15 heavy (non-hydrogen) atoms. The van der Waals surface area contributed by atoms with Gasteiger partial charge in [-0.3, -0.25) is 9.52 Å². The zero-order valence-electron chi connectivity index (χ0n) is 8.18. The van der Waals surface area contributed by atoms with E-state index in [4.69, 9.17) is 0 Å². The third kappa shape index (κ3) is 2.72. The average Bonchev–Trinajstić information content (AvgIpc) is 2.98. The van der Waals surface area contributed by atoms with E-state index < -0.39 is 10.0 Å². The second kappa shape index (κ2) is 4.14. The summed E-state index contributed by atoms with van der Waals surface area (Å²) in [5.41, 5.74) is 0. The Morgan fingerprint density at radius 3 is 2.40 bits per heavy atom. The molecule has 2 unspecified atom stereocenters. The lowest BCUT2D eigenvalue weighted by atomic mass is 10.3. The summed E-state index contributed by atoms with van der Waals surface area (Å²) < 4.78 is 24.9. The molecule has 2 atom stereocenters. The zero-order valence-corrected chi connectivity index (χ0v) is 9.81. The number of carbonyl (C=O) groups is 1. The number of allylic oxidation sites excluding steroid dienone is 1. The minimum atomic E-state index is -3.36. The van der Waals surface area contributed by atoms with Crippen molar-refractivity contribution in [3.05, 3.63) is 12.7 Å². The van der Waals surface area contributed by atoms with Gasteiger partial charge in [0.15, 0.2) is 0 Å². The van der Waals surface area contributed by atoms with Crippen LogP contribution in [-0.2, 0) is 14.8 Å². The molecule has 86 valence electrons. The molecule has 0 aromatic heterocycles. The normalized spacial score (nSPS) is 28.8. The van der Waals surface area contributed by atoms with Gasteiger partial charge in [-0.05, 0) is 25.2 Å². The molecule has 4 nitrogen and oxygen atoms in total. The largest absolute Gasteiger partial charge is 0.274 e. The molecular formula is C9H14ClNO3S. The molecule has 0 aliphatic heterocycles. The van der Waals surface area contributed by atoms with Crippen LogP contribution < -0.4 is 4.72 Å². The molecule has 0 saturated heterocycles. The van der Waals surface area contributed by atoms with Crippen LogP contribution in [0.2, 0.25) is 0 Å². The molecule has 1 N–H and O–H groups in total. The molecule has 2 rings (SSSR count). The van der Waals surface area contributed by atoms with Gasteiger partial charge >= 0.3 is 0 Å². The Morgan fingerprint density at radius 1 is 1.40 bits per heavy atom. The van der Waals surface area contributed by atoms with E-state index in [0.717, 1.165) is 6.42 Å². The second-order valence-corrected chi connectivity index (χ2v) is 5.91. The number of hydrogen-bond donors (Lipinski definition) is 1. The molecule has 0 aromatic carbocycles. The maximum absolute atomic E-state index is 11.4. The first-order valence-electron chi connectivity index (χ1n) is 4.72. The van der Waals surface area contributed by atoms with Crippen LogP contribution in [0.4, 0.5) is 0 Å². The Labute approximate surface area is 95.6 Å². The Kier molecular flexibility index (Phi) is 3.45. The minimum absolute atomic E-state index is 0. The molecule has 0 aromatic rings. The van der Waals surface area contributed by atoms with E-state index in [9.17, 15) is 13.2 Å². The molecule has 0 heterocycles. The molecule has 6 heteroatoms. The fourth-order valence-corrected chi connectivity index (χ4v) is 2.81. The summed E-state index contributed by atoms with van der Waals surface area (Å²) in [7, 11) is -3.36. The third-order valence-electron chi connectivity index (χ3n) is 2.69. The van der Waals surface area contributed by atoms with E-state index in [2.05, 4.69) is 11.3 Å². The van der Waals surface area contributed by atoms with E-state index in [1.807, 2.05) is 0 Å². The van der Waals surface area contributed by atoms with Gasteiger partial charge in [0, 0.05) is 5.92 Å². The quantitative estimate of drug-likeness (QED) is 0.753. The summed E-state index contributed by atoms with van der Waals surface area (Å²) in [6.45, 7) is 3.57. The van der Waals surface area contributed by atoms with E-state index in [-0.39, 0.29) is 35.4 Å². The van der Waals surface area contributed by atoms with Gasteiger partial charge in [-0.15, -0.1) is 19.0 Å². The average molecular weight is 252 g/mol. The van der Waals surface area contributed by atoms with Crippen LogP contribution in [0.3, 0.4) is 0 Å². The van der Waals surface area contributed by atoms with E-state index in [1.54, 1.807) is 6.08 Å². The molecule has 2 aliphatic carbocycles. The lowest BCUT2D eigenvalue weighted by molar-refractivity contribution is -0.120. The maximum atomic E-state index is 11.4. The highest BCUT2D eigenvalue weighted by atomic mass is 35.5. The van der Waals surface area contributed by atoms with Crippen molar-refractivity contribution in [3.63, 3.8) is 0 Å². The van der Waals surface area contributed by atoms with Crippen LogP contribution in [0, 0.1) is 11.8 Å². The maximum Gasteiger partial charge on any atom is 0.237 e. The van der Waals surface area contributed by atoms with Crippen molar-refractivity contribution in [2.45, 2.75) is 24.5 Å². The topological polar surface area (TPSA) is 63.2 Å². The summed E-state index contributed by atoms with van der Waals surface area (Å²) in [5, 5.41) is -0.326. The number of carbonyl (C=O) groups excluding carboxylic acids is 1. The van der Waals surface area contributed by atoms with Gasteiger partial charge in [0.05, 0.1) is 5.25 Å². The lowest BCUT2D eigenvalue weighted by Crippen LogP contribution is -2.34. The second-order valence-electron chi connectivity index (χ2n) is 3.95.